The molecule has 0 fully saturated rings. The van der Waals surface area contributed by atoms with Crippen molar-refractivity contribution < 1.29 is 24.4 Å². The molecule has 34 heavy (non-hydrogen) atoms. The number of benzene rings is 1. The molecule has 2 rings (SSSR count). The van der Waals surface area contributed by atoms with Crippen molar-refractivity contribution in [3.05, 3.63) is 36.2 Å². The van der Waals surface area contributed by atoms with E-state index < -0.39 is 23.5 Å². The molecule has 1 aromatic heterocycles. The fourth-order valence-corrected chi connectivity index (χ4v) is 3.88. The van der Waals surface area contributed by atoms with Crippen LogP contribution in [-0.2, 0) is 25.8 Å². The highest BCUT2D eigenvalue weighted by Crippen LogP contribution is 2.25. The van der Waals surface area contributed by atoms with Gasteiger partial charge in [0.2, 0.25) is 5.91 Å². The van der Waals surface area contributed by atoms with Crippen LogP contribution in [0.3, 0.4) is 0 Å². The number of Topliss-reactive ketones (excluding diaryl/α,β-unsaturated/α-hetero) is 1. The third kappa shape index (κ3) is 8.37. The summed E-state index contributed by atoms with van der Waals surface area (Å²) in [5.41, 5.74) is 3.51. The zero-order valence-electron chi connectivity index (χ0n) is 21.0. The van der Waals surface area contributed by atoms with E-state index in [1.165, 1.54) is 6.92 Å². The van der Waals surface area contributed by atoms with E-state index in [1.54, 1.807) is 18.0 Å². The van der Waals surface area contributed by atoms with Gasteiger partial charge in [-0.05, 0) is 30.7 Å². The van der Waals surface area contributed by atoms with E-state index >= 15 is 0 Å². The topological polar surface area (TPSA) is 158 Å². The van der Waals surface area contributed by atoms with E-state index in [9.17, 15) is 9.59 Å². The molecule has 10 heteroatoms. The molecule has 1 amide bonds. The second-order valence-corrected chi connectivity index (χ2v) is 9.75. The molecular formula is C24H39N5O5. The standard InChI is InChI=1S/C24H36N4O5.H3N/c1-15(2)12-18(23(30)27-22(16(3)29)24(4,5)6)20(14-33-28-31)32-13-17-8-7-9-19-21(17)26-11-10-25-19;/h7-11,15,18,20,22,28,31H,12-14H2,1-6H3,(H,27,30);1H3/t18-,20?,22-;/m1./s1. The summed E-state index contributed by atoms with van der Waals surface area (Å²) >= 11 is 0. The van der Waals surface area contributed by atoms with Crippen LogP contribution in [0.15, 0.2) is 30.6 Å². The van der Waals surface area contributed by atoms with Crippen LogP contribution in [0.2, 0.25) is 0 Å². The van der Waals surface area contributed by atoms with Crippen molar-refractivity contribution in [3.63, 3.8) is 0 Å². The summed E-state index contributed by atoms with van der Waals surface area (Å²) in [6.07, 6.45) is 3.06. The average Bonchev–Trinajstić information content (AvgIpc) is 2.75. The second kappa shape index (κ2) is 13.4. The highest BCUT2D eigenvalue weighted by molar-refractivity contribution is 5.89. The number of para-hydroxylation sites is 1. The number of rotatable bonds is 12. The molecule has 6 N–H and O–H groups in total. The third-order valence-electron chi connectivity index (χ3n) is 5.42. The van der Waals surface area contributed by atoms with Crippen LogP contribution < -0.4 is 17.1 Å². The molecule has 1 unspecified atom stereocenters. The minimum atomic E-state index is -0.688. The molecule has 0 bridgehead atoms. The fourth-order valence-electron chi connectivity index (χ4n) is 3.88. The van der Waals surface area contributed by atoms with Gasteiger partial charge in [-0.3, -0.25) is 29.6 Å². The first-order valence-electron chi connectivity index (χ1n) is 11.2. The highest BCUT2D eigenvalue weighted by Gasteiger charge is 2.36. The third-order valence-corrected chi connectivity index (χ3v) is 5.42. The van der Waals surface area contributed by atoms with Gasteiger partial charge in [0.25, 0.3) is 0 Å². The molecular weight excluding hydrogens is 438 g/mol. The van der Waals surface area contributed by atoms with Gasteiger partial charge >= 0.3 is 0 Å². The number of amides is 1. The van der Waals surface area contributed by atoms with Gasteiger partial charge < -0.3 is 16.2 Å². The Morgan fingerprint density at radius 2 is 1.82 bits per heavy atom. The van der Waals surface area contributed by atoms with Crippen LogP contribution in [-0.4, -0.2) is 45.6 Å². The lowest BCUT2D eigenvalue weighted by atomic mass is 9.83. The van der Waals surface area contributed by atoms with Crippen molar-refractivity contribution in [1.82, 2.24) is 27.1 Å². The van der Waals surface area contributed by atoms with Crippen molar-refractivity contribution in [2.75, 3.05) is 6.61 Å². The van der Waals surface area contributed by atoms with E-state index in [4.69, 9.17) is 14.8 Å². The zero-order valence-corrected chi connectivity index (χ0v) is 21.0. The summed E-state index contributed by atoms with van der Waals surface area (Å²) < 4.78 is 6.16. The number of nitrogens with one attached hydrogen (secondary N) is 2. The van der Waals surface area contributed by atoms with E-state index in [-0.39, 0.29) is 37.0 Å². The number of carbonyl (C=O) groups excluding carboxylic acids is 2. The van der Waals surface area contributed by atoms with Gasteiger partial charge in [0.1, 0.15) is 0 Å². The number of carbonyl (C=O) groups is 2. The average molecular weight is 478 g/mol. The van der Waals surface area contributed by atoms with Crippen LogP contribution >= 0.6 is 0 Å². The maximum absolute atomic E-state index is 13.4. The van der Waals surface area contributed by atoms with Gasteiger partial charge in [0.05, 0.1) is 42.3 Å². The normalized spacial score (nSPS) is 14.4. The number of hydrogen-bond donors (Lipinski definition) is 4. The first-order valence-corrected chi connectivity index (χ1v) is 11.2. The molecule has 2 aromatic rings. The Morgan fingerprint density at radius 1 is 1.15 bits per heavy atom. The summed E-state index contributed by atoms with van der Waals surface area (Å²) in [5.74, 6) is -0.825. The lowest BCUT2D eigenvalue weighted by Gasteiger charge is -2.33. The Bertz CT molecular complexity index is 926. The highest BCUT2D eigenvalue weighted by atomic mass is 16.8. The summed E-state index contributed by atoms with van der Waals surface area (Å²) in [5, 5.41) is 11.9. The van der Waals surface area contributed by atoms with Crippen molar-refractivity contribution in [2.24, 2.45) is 17.3 Å². The van der Waals surface area contributed by atoms with E-state index in [2.05, 4.69) is 15.3 Å². The minimum Gasteiger partial charge on any atom is -0.370 e. The number of fused-ring (bicyclic) bond motifs is 1. The smallest absolute Gasteiger partial charge is 0.226 e. The lowest BCUT2D eigenvalue weighted by molar-refractivity contribution is -0.170. The summed E-state index contributed by atoms with van der Waals surface area (Å²) in [4.78, 5) is 39.3. The number of ether oxygens (including phenoxy) is 1. The largest absolute Gasteiger partial charge is 0.370 e. The van der Waals surface area contributed by atoms with Gasteiger partial charge in [0, 0.05) is 18.0 Å². The number of aromatic nitrogens is 2. The van der Waals surface area contributed by atoms with Crippen molar-refractivity contribution in [1.29, 1.82) is 0 Å². The molecule has 0 aliphatic carbocycles. The van der Waals surface area contributed by atoms with Crippen LogP contribution in [0.1, 0.15) is 53.5 Å². The Balaban J connectivity index is 0.00000578. The number of ketones is 1. The van der Waals surface area contributed by atoms with E-state index in [1.807, 2.05) is 52.8 Å². The monoisotopic (exact) mass is 477 g/mol. The minimum absolute atomic E-state index is 0. The summed E-state index contributed by atoms with van der Waals surface area (Å²) in [7, 11) is 0. The second-order valence-electron chi connectivity index (χ2n) is 9.75. The van der Waals surface area contributed by atoms with Crippen molar-refractivity contribution >= 4 is 22.7 Å². The quantitative estimate of drug-likeness (QED) is 0.336. The molecule has 0 aliphatic heterocycles. The van der Waals surface area contributed by atoms with Gasteiger partial charge in [-0.15, -0.1) is 0 Å². The molecule has 0 saturated carbocycles. The zero-order chi connectivity index (χ0) is 24.6. The Labute approximate surface area is 201 Å². The van der Waals surface area contributed by atoms with Crippen LogP contribution in [0, 0.1) is 17.3 Å². The molecule has 0 saturated heterocycles. The Kier molecular flexibility index (Phi) is 11.6. The summed E-state index contributed by atoms with van der Waals surface area (Å²) in [6, 6.07) is 4.99. The maximum Gasteiger partial charge on any atom is 0.226 e. The molecule has 1 heterocycles. The maximum atomic E-state index is 13.4. The molecule has 190 valence electrons. The Morgan fingerprint density at radius 3 is 2.41 bits per heavy atom. The van der Waals surface area contributed by atoms with E-state index in [0.717, 1.165) is 11.1 Å². The van der Waals surface area contributed by atoms with Crippen LogP contribution in [0.5, 0.6) is 0 Å². The molecule has 0 radical (unpaired) electrons. The van der Waals surface area contributed by atoms with Crippen molar-refractivity contribution in [2.45, 2.75) is 66.7 Å². The van der Waals surface area contributed by atoms with Gasteiger partial charge in [0.15, 0.2) is 5.78 Å². The molecule has 1 aromatic carbocycles. The number of hydrogen-bond acceptors (Lipinski definition) is 9. The molecule has 10 nitrogen and oxygen atoms in total. The lowest BCUT2D eigenvalue weighted by Crippen LogP contribution is -2.52. The van der Waals surface area contributed by atoms with Gasteiger partial charge in [-0.2, -0.15) is 0 Å². The Hall–Kier alpha value is -2.50. The predicted octanol–water partition coefficient (Wildman–Crippen LogP) is 3.37. The summed E-state index contributed by atoms with van der Waals surface area (Å²) in [6.45, 7) is 11.3. The van der Waals surface area contributed by atoms with E-state index in [0.29, 0.717) is 11.9 Å². The number of nitrogens with zero attached hydrogens (tertiary/aromatic N) is 2. The molecule has 0 aliphatic rings. The van der Waals surface area contributed by atoms with Crippen molar-refractivity contribution in [3.8, 4) is 0 Å². The molecule has 3 atom stereocenters. The fraction of sp³-hybridized carbons (Fsp3) is 0.583. The van der Waals surface area contributed by atoms with Gasteiger partial charge in [-0.25, -0.2) is 0 Å². The SMILES string of the molecule is CC(=O)[C@@H](NC(=O)[C@H](CC(C)C)C(CONO)OCc1cccc2nccnc12)C(C)(C)C.N. The molecule has 0 spiro atoms. The predicted molar refractivity (Wildman–Crippen MR) is 129 cm³/mol. The van der Waals surface area contributed by atoms with Crippen LogP contribution in [0.4, 0.5) is 0 Å². The van der Waals surface area contributed by atoms with Crippen LogP contribution in [0.25, 0.3) is 11.0 Å². The first kappa shape index (κ1) is 29.5. The first-order chi connectivity index (χ1) is 15.5. The van der Waals surface area contributed by atoms with Gasteiger partial charge in [-0.1, -0.05) is 52.4 Å².